The summed E-state index contributed by atoms with van der Waals surface area (Å²) in [7, 11) is 0. The highest BCUT2D eigenvalue weighted by molar-refractivity contribution is 6.00. The summed E-state index contributed by atoms with van der Waals surface area (Å²) in [6.07, 6.45) is 1.64. The van der Waals surface area contributed by atoms with E-state index >= 15 is 0 Å². The van der Waals surface area contributed by atoms with Crippen LogP contribution in [0.2, 0.25) is 0 Å². The summed E-state index contributed by atoms with van der Waals surface area (Å²) >= 11 is 0. The number of carbonyl (C=O) groups is 2. The van der Waals surface area contributed by atoms with E-state index in [2.05, 4.69) is 16.0 Å². The van der Waals surface area contributed by atoms with Gasteiger partial charge in [0.2, 0.25) is 0 Å². The molecule has 0 atom stereocenters. The van der Waals surface area contributed by atoms with E-state index in [0.29, 0.717) is 17.0 Å². The van der Waals surface area contributed by atoms with Crippen LogP contribution in [-0.4, -0.2) is 28.2 Å². The molecule has 1 aromatic heterocycles. The number of amides is 2. The number of para-hydroxylation sites is 1. The smallest absolute Gasteiger partial charge is 0.276 e. The fourth-order valence-corrected chi connectivity index (χ4v) is 3.15. The molecule has 0 saturated carbocycles. The van der Waals surface area contributed by atoms with Crippen LogP contribution in [0, 0.1) is 6.92 Å². The van der Waals surface area contributed by atoms with Gasteiger partial charge in [0.1, 0.15) is 11.4 Å². The van der Waals surface area contributed by atoms with Gasteiger partial charge in [0.15, 0.2) is 6.61 Å². The minimum atomic E-state index is -0.477. The van der Waals surface area contributed by atoms with Crippen molar-refractivity contribution in [2.75, 3.05) is 6.61 Å². The second-order valence-electron chi connectivity index (χ2n) is 7.15. The molecule has 0 aliphatic heterocycles. The number of aromatic nitrogens is 2. The van der Waals surface area contributed by atoms with Gasteiger partial charge in [-0.15, -0.1) is 0 Å². The van der Waals surface area contributed by atoms with Gasteiger partial charge in [0, 0.05) is 11.8 Å². The molecular formula is C25H22N4O3. The minimum absolute atomic E-state index is 0.224. The number of nitrogens with zero attached hydrogens (tertiary/aromatic N) is 2. The maximum Gasteiger partial charge on any atom is 0.276 e. The van der Waals surface area contributed by atoms with E-state index in [1.54, 1.807) is 16.9 Å². The second kappa shape index (κ2) is 9.61. The topological polar surface area (TPSA) is 85.3 Å². The number of benzene rings is 3. The summed E-state index contributed by atoms with van der Waals surface area (Å²) in [5.41, 5.74) is 8.33. The van der Waals surface area contributed by atoms with Gasteiger partial charge in [0.05, 0.1) is 11.3 Å². The fraction of sp³-hybridized carbons (Fsp3) is 0.0800. The zero-order valence-corrected chi connectivity index (χ0v) is 17.5. The Labute approximate surface area is 185 Å². The van der Waals surface area contributed by atoms with Crippen LogP contribution in [0.15, 0.2) is 91.1 Å². The first kappa shape index (κ1) is 20.9. The van der Waals surface area contributed by atoms with Gasteiger partial charge in [-0.2, -0.15) is 5.10 Å². The number of hydrogen-bond donors (Lipinski definition) is 2. The molecule has 7 nitrogen and oxygen atoms in total. The molecule has 0 fully saturated rings. The molecule has 0 aliphatic carbocycles. The lowest BCUT2D eigenvalue weighted by atomic mass is 10.1. The summed E-state index contributed by atoms with van der Waals surface area (Å²) in [5, 5.41) is 4.60. The zero-order chi connectivity index (χ0) is 22.3. The number of nitrogens with one attached hydrogen (secondary N) is 2. The SMILES string of the molecule is Cc1cccc(OCC(=O)NNC(=O)c2cn(-c3ccccc3)nc2-c2ccccc2)c1. The molecule has 0 spiro atoms. The first-order chi connectivity index (χ1) is 15.6. The molecule has 3 aromatic carbocycles. The normalized spacial score (nSPS) is 10.4. The van der Waals surface area contributed by atoms with Crippen LogP contribution >= 0.6 is 0 Å². The number of rotatable bonds is 6. The van der Waals surface area contributed by atoms with Gasteiger partial charge in [-0.25, -0.2) is 4.68 Å². The molecular weight excluding hydrogens is 404 g/mol. The number of hydrogen-bond acceptors (Lipinski definition) is 4. The molecule has 4 rings (SSSR count). The maximum absolute atomic E-state index is 12.9. The fourth-order valence-electron chi connectivity index (χ4n) is 3.15. The summed E-state index contributed by atoms with van der Waals surface area (Å²) < 4.78 is 7.10. The zero-order valence-electron chi connectivity index (χ0n) is 17.5. The Morgan fingerprint density at radius 1 is 0.906 bits per heavy atom. The number of hydrazine groups is 1. The largest absolute Gasteiger partial charge is 0.484 e. The molecule has 4 aromatic rings. The van der Waals surface area contributed by atoms with E-state index in [9.17, 15) is 9.59 Å². The van der Waals surface area contributed by atoms with E-state index in [-0.39, 0.29) is 6.61 Å². The van der Waals surface area contributed by atoms with Crippen LogP contribution in [0.5, 0.6) is 5.75 Å². The molecule has 2 N–H and O–H groups in total. The summed E-state index contributed by atoms with van der Waals surface area (Å²) in [6, 6.07) is 26.3. The Hall–Kier alpha value is -4.39. The van der Waals surface area contributed by atoms with E-state index in [0.717, 1.165) is 16.8 Å². The van der Waals surface area contributed by atoms with Gasteiger partial charge < -0.3 is 4.74 Å². The van der Waals surface area contributed by atoms with Gasteiger partial charge in [-0.05, 0) is 36.8 Å². The van der Waals surface area contributed by atoms with Crippen molar-refractivity contribution in [3.63, 3.8) is 0 Å². The van der Waals surface area contributed by atoms with E-state index in [1.165, 1.54) is 0 Å². The highest BCUT2D eigenvalue weighted by Crippen LogP contribution is 2.23. The summed E-state index contributed by atoms with van der Waals surface area (Å²) in [6.45, 7) is 1.71. The van der Waals surface area contributed by atoms with Crippen LogP contribution in [-0.2, 0) is 4.79 Å². The molecule has 0 radical (unpaired) electrons. The number of carbonyl (C=O) groups excluding carboxylic acids is 2. The van der Waals surface area contributed by atoms with Crippen LogP contribution in [0.1, 0.15) is 15.9 Å². The number of aryl methyl sites for hydroxylation is 1. The minimum Gasteiger partial charge on any atom is -0.484 e. The Morgan fingerprint density at radius 3 is 2.34 bits per heavy atom. The first-order valence-corrected chi connectivity index (χ1v) is 10.1. The van der Waals surface area contributed by atoms with Crippen LogP contribution in [0.4, 0.5) is 0 Å². The highest BCUT2D eigenvalue weighted by atomic mass is 16.5. The predicted octanol–water partition coefficient (Wildman–Crippen LogP) is 3.69. The van der Waals surface area contributed by atoms with Gasteiger partial charge >= 0.3 is 0 Å². The Bertz CT molecular complexity index is 1220. The van der Waals surface area contributed by atoms with Crippen LogP contribution in [0.25, 0.3) is 16.9 Å². The van der Waals surface area contributed by atoms with Crippen LogP contribution < -0.4 is 15.6 Å². The monoisotopic (exact) mass is 426 g/mol. The third kappa shape index (κ3) is 5.02. The van der Waals surface area contributed by atoms with E-state index < -0.39 is 11.8 Å². The highest BCUT2D eigenvalue weighted by Gasteiger charge is 2.19. The van der Waals surface area contributed by atoms with Crippen molar-refractivity contribution in [2.24, 2.45) is 0 Å². The van der Waals surface area contributed by atoms with Crippen molar-refractivity contribution < 1.29 is 14.3 Å². The molecule has 2 amide bonds. The van der Waals surface area contributed by atoms with Crippen molar-refractivity contribution in [3.05, 3.63) is 102 Å². The summed E-state index contributed by atoms with van der Waals surface area (Å²) in [4.78, 5) is 25.0. The standard InChI is InChI=1S/C25H22N4O3/c1-18-9-8-14-21(15-18)32-17-23(30)26-27-25(31)22-16-29(20-12-6-3-7-13-20)28-24(22)19-10-4-2-5-11-19/h2-16H,17H2,1H3,(H,26,30)(H,27,31). The van der Waals surface area contributed by atoms with Crippen molar-refractivity contribution >= 4 is 11.8 Å². The molecule has 0 aliphatic rings. The molecule has 0 saturated heterocycles. The molecule has 7 heteroatoms. The maximum atomic E-state index is 12.9. The molecule has 0 bridgehead atoms. The van der Waals surface area contributed by atoms with Gasteiger partial charge in [0.25, 0.3) is 11.8 Å². The lowest BCUT2D eigenvalue weighted by Crippen LogP contribution is -2.43. The molecule has 160 valence electrons. The average molecular weight is 426 g/mol. The lowest BCUT2D eigenvalue weighted by Gasteiger charge is -2.09. The van der Waals surface area contributed by atoms with E-state index in [4.69, 9.17) is 4.74 Å². The van der Waals surface area contributed by atoms with Crippen molar-refractivity contribution in [1.29, 1.82) is 0 Å². The Balaban J connectivity index is 1.47. The van der Waals surface area contributed by atoms with Gasteiger partial charge in [-0.1, -0.05) is 60.7 Å². The lowest BCUT2D eigenvalue weighted by molar-refractivity contribution is -0.123. The average Bonchev–Trinajstić information content (AvgIpc) is 3.28. The van der Waals surface area contributed by atoms with Crippen molar-refractivity contribution in [2.45, 2.75) is 6.92 Å². The second-order valence-corrected chi connectivity index (χ2v) is 7.15. The Morgan fingerprint density at radius 2 is 1.62 bits per heavy atom. The van der Waals surface area contributed by atoms with Crippen molar-refractivity contribution in [3.8, 4) is 22.7 Å². The number of ether oxygens (including phenoxy) is 1. The first-order valence-electron chi connectivity index (χ1n) is 10.1. The van der Waals surface area contributed by atoms with Crippen molar-refractivity contribution in [1.82, 2.24) is 20.6 Å². The predicted molar refractivity (Wildman–Crippen MR) is 121 cm³/mol. The molecule has 0 unspecified atom stereocenters. The van der Waals surface area contributed by atoms with Gasteiger partial charge in [-0.3, -0.25) is 20.4 Å². The molecule has 32 heavy (non-hydrogen) atoms. The molecule has 1 heterocycles. The third-order valence-electron chi connectivity index (χ3n) is 4.70. The van der Waals surface area contributed by atoms with Crippen LogP contribution in [0.3, 0.4) is 0 Å². The Kier molecular flexibility index (Phi) is 6.27. The van der Waals surface area contributed by atoms with E-state index in [1.807, 2.05) is 85.8 Å². The summed E-state index contributed by atoms with van der Waals surface area (Å²) in [5.74, 6) is -0.367. The third-order valence-corrected chi connectivity index (χ3v) is 4.70. The quantitative estimate of drug-likeness (QED) is 0.461.